The van der Waals surface area contributed by atoms with Gasteiger partial charge >= 0.3 is 5.97 Å². The molecule has 1 aliphatic carbocycles. The molecule has 5 heteroatoms. The van der Waals surface area contributed by atoms with Gasteiger partial charge in [-0.25, -0.2) is 4.79 Å². The molecule has 0 aliphatic heterocycles. The van der Waals surface area contributed by atoms with Crippen LogP contribution in [0, 0.1) is 0 Å². The SMILES string of the molecule is CCOC(=O)c1cccc(C2(N[S+]([O-])C(C)(C)C)CCCCC2)c1. The van der Waals surface area contributed by atoms with E-state index in [1.807, 2.05) is 39.0 Å². The second-order valence-electron chi connectivity index (χ2n) is 7.43. The fourth-order valence-corrected chi connectivity index (χ4v) is 4.08. The molecule has 0 bridgehead atoms. The quantitative estimate of drug-likeness (QED) is 0.641. The molecule has 1 saturated carbocycles. The summed E-state index contributed by atoms with van der Waals surface area (Å²) in [5.41, 5.74) is 1.26. The van der Waals surface area contributed by atoms with Crippen LogP contribution in [0.15, 0.2) is 24.3 Å². The van der Waals surface area contributed by atoms with Crippen LogP contribution in [0.1, 0.15) is 75.7 Å². The molecule has 1 unspecified atom stereocenters. The summed E-state index contributed by atoms with van der Waals surface area (Å²) in [7, 11) is 0. The van der Waals surface area contributed by atoms with Crippen molar-refractivity contribution < 1.29 is 14.1 Å². The third kappa shape index (κ3) is 4.52. The van der Waals surface area contributed by atoms with Gasteiger partial charge in [0.15, 0.2) is 0 Å². The normalized spacial score (nSPS) is 18.9. The average Bonchev–Trinajstić information content (AvgIpc) is 2.55. The van der Waals surface area contributed by atoms with Gasteiger partial charge < -0.3 is 9.29 Å². The van der Waals surface area contributed by atoms with Crippen molar-refractivity contribution in [1.29, 1.82) is 0 Å². The summed E-state index contributed by atoms with van der Waals surface area (Å²) in [6.45, 7) is 8.09. The topological polar surface area (TPSA) is 61.4 Å². The van der Waals surface area contributed by atoms with Crippen molar-refractivity contribution in [1.82, 2.24) is 4.72 Å². The smallest absolute Gasteiger partial charge is 0.338 e. The maximum absolute atomic E-state index is 12.7. The van der Waals surface area contributed by atoms with E-state index in [9.17, 15) is 9.35 Å². The number of ether oxygens (including phenoxy) is 1. The highest BCUT2D eigenvalue weighted by Crippen LogP contribution is 2.39. The minimum Gasteiger partial charge on any atom is -0.598 e. The summed E-state index contributed by atoms with van der Waals surface area (Å²) >= 11 is -1.16. The first-order valence-corrected chi connectivity index (χ1v) is 9.91. The van der Waals surface area contributed by atoms with Crippen molar-refractivity contribution in [2.45, 2.75) is 70.1 Å². The Balaban J connectivity index is 2.34. The minimum absolute atomic E-state index is 0.303. The lowest BCUT2D eigenvalue weighted by molar-refractivity contribution is 0.0526. The average molecular weight is 352 g/mol. The number of benzene rings is 1. The van der Waals surface area contributed by atoms with Gasteiger partial charge in [-0.05, 0) is 58.2 Å². The molecular weight excluding hydrogens is 322 g/mol. The van der Waals surface area contributed by atoms with E-state index in [2.05, 4.69) is 4.72 Å². The lowest BCUT2D eigenvalue weighted by Crippen LogP contribution is -2.52. The predicted octanol–water partition coefficient (Wildman–Crippen LogP) is 4.07. The summed E-state index contributed by atoms with van der Waals surface area (Å²) < 4.78 is 20.9. The van der Waals surface area contributed by atoms with Crippen LogP contribution in [0.5, 0.6) is 0 Å². The van der Waals surface area contributed by atoms with Crippen molar-refractivity contribution in [3.05, 3.63) is 35.4 Å². The van der Waals surface area contributed by atoms with Crippen LogP contribution < -0.4 is 4.72 Å². The molecule has 2 rings (SSSR count). The number of carbonyl (C=O) groups excluding carboxylic acids is 1. The Morgan fingerprint density at radius 3 is 2.54 bits per heavy atom. The van der Waals surface area contributed by atoms with E-state index in [-0.39, 0.29) is 16.3 Å². The van der Waals surface area contributed by atoms with Crippen LogP contribution in [0.4, 0.5) is 0 Å². The largest absolute Gasteiger partial charge is 0.598 e. The van der Waals surface area contributed by atoms with Crippen LogP contribution >= 0.6 is 0 Å². The Labute approximate surface area is 148 Å². The first-order valence-electron chi connectivity index (χ1n) is 8.76. The first kappa shape index (κ1) is 19.3. The van der Waals surface area contributed by atoms with Gasteiger partial charge in [0.2, 0.25) is 0 Å². The van der Waals surface area contributed by atoms with E-state index >= 15 is 0 Å². The van der Waals surface area contributed by atoms with Crippen molar-refractivity contribution in [3.63, 3.8) is 0 Å². The van der Waals surface area contributed by atoms with Gasteiger partial charge in [0.1, 0.15) is 4.75 Å². The molecule has 1 aliphatic rings. The van der Waals surface area contributed by atoms with E-state index in [0.29, 0.717) is 12.2 Å². The molecule has 0 spiro atoms. The molecular formula is C19H29NO3S. The maximum atomic E-state index is 12.7. The van der Waals surface area contributed by atoms with Crippen molar-refractivity contribution >= 4 is 17.3 Å². The summed E-state index contributed by atoms with van der Waals surface area (Å²) in [6, 6.07) is 7.59. The lowest BCUT2D eigenvalue weighted by Gasteiger charge is -2.40. The molecule has 0 aromatic heterocycles. The highest BCUT2D eigenvalue weighted by Gasteiger charge is 2.41. The van der Waals surface area contributed by atoms with Crippen molar-refractivity contribution in [2.24, 2.45) is 0 Å². The Hall–Kier alpha value is -1.04. The number of nitrogens with one attached hydrogen (secondary N) is 1. The molecule has 4 nitrogen and oxygen atoms in total. The Bertz CT molecular complexity index is 562. The highest BCUT2D eigenvalue weighted by molar-refractivity contribution is 7.90. The number of esters is 1. The van der Waals surface area contributed by atoms with Crippen LogP contribution in [-0.4, -0.2) is 21.9 Å². The van der Waals surface area contributed by atoms with E-state index in [1.165, 1.54) is 6.42 Å². The lowest BCUT2D eigenvalue weighted by atomic mass is 9.77. The molecule has 1 aromatic rings. The summed E-state index contributed by atoms with van der Waals surface area (Å²) in [4.78, 5) is 12.1. The van der Waals surface area contributed by atoms with Crippen molar-refractivity contribution in [3.8, 4) is 0 Å². The standard InChI is InChI=1S/C19H29NO3S/c1-5-23-17(21)15-10-9-11-16(14-15)19(12-7-6-8-13-19)20-24(22)18(2,3)4/h9-11,14,20H,5-8,12-13H2,1-4H3. The number of hydrogen-bond acceptors (Lipinski definition) is 4. The Morgan fingerprint density at radius 1 is 1.29 bits per heavy atom. The third-order valence-corrected chi connectivity index (χ3v) is 6.17. The molecule has 0 radical (unpaired) electrons. The number of carbonyl (C=O) groups is 1. The maximum Gasteiger partial charge on any atom is 0.338 e. The minimum atomic E-state index is -1.16. The zero-order valence-corrected chi connectivity index (χ0v) is 16.0. The Morgan fingerprint density at radius 2 is 1.96 bits per heavy atom. The fourth-order valence-electron chi connectivity index (χ4n) is 3.09. The first-order chi connectivity index (χ1) is 11.3. The molecule has 0 heterocycles. The summed E-state index contributed by atoms with van der Waals surface area (Å²) in [5.74, 6) is -0.303. The monoisotopic (exact) mass is 351 g/mol. The highest BCUT2D eigenvalue weighted by atomic mass is 32.2. The van der Waals surface area contributed by atoms with Crippen molar-refractivity contribution in [2.75, 3.05) is 6.61 Å². The van der Waals surface area contributed by atoms with Gasteiger partial charge in [-0.15, -0.1) is 4.72 Å². The van der Waals surface area contributed by atoms with E-state index in [1.54, 1.807) is 13.0 Å². The molecule has 1 N–H and O–H groups in total. The molecule has 24 heavy (non-hydrogen) atoms. The number of rotatable bonds is 5. The van der Waals surface area contributed by atoms with E-state index < -0.39 is 11.4 Å². The van der Waals surface area contributed by atoms with Crippen LogP contribution in [0.3, 0.4) is 0 Å². The van der Waals surface area contributed by atoms with E-state index in [0.717, 1.165) is 31.2 Å². The van der Waals surface area contributed by atoms with Gasteiger partial charge in [0.05, 0.1) is 17.7 Å². The fraction of sp³-hybridized carbons (Fsp3) is 0.632. The third-order valence-electron chi connectivity index (χ3n) is 4.48. The van der Waals surface area contributed by atoms with E-state index in [4.69, 9.17) is 4.74 Å². The van der Waals surface area contributed by atoms with Gasteiger partial charge in [-0.2, -0.15) is 0 Å². The zero-order valence-electron chi connectivity index (χ0n) is 15.2. The van der Waals surface area contributed by atoms with Gasteiger partial charge in [-0.3, -0.25) is 0 Å². The molecule has 1 atom stereocenters. The molecule has 1 aromatic carbocycles. The second-order valence-corrected chi connectivity index (χ2v) is 9.39. The van der Waals surface area contributed by atoms with Crippen LogP contribution in [-0.2, 0) is 21.6 Å². The summed E-state index contributed by atoms with van der Waals surface area (Å²) in [6.07, 6.45) is 5.25. The molecule has 1 fully saturated rings. The molecule has 0 saturated heterocycles. The molecule has 134 valence electrons. The van der Waals surface area contributed by atoms with Gasteiger partial charge in [0.25, 0.3) is 0 Å². The molecule has 0 amide bonds. The summed E-state index contributed by atoms with van der Waals surface area (Å²) in [5, 5.41) is 0. The zero-order chi connectivity index (χ0) is 17.8. The van der Waals surface area contributed by atoms with Gasteiger partial charge in [0, 0.05) is 11.4 Å². The number of hydrogen-bond donors (Lipinski definition) is 1. The second kappa shape index (κ2) is 7.89. The van der Waals surface area contributed by atoms with Crippen LogP contribution in [0.25, 0.3) is 0 Å². The van der Waals surface area contributed by atoms with Gasteiger partial charge in [-0.1, -0.05) is 31.4 Å². The van der Waals surface area contributed by atoms with Crippen LogP contribution in [0.2, 0.25) is 0 Å². The Kier molecular flexibility index (Phi) is 6.34. The predicted molar refractivity (Wildman–Crippen MR) is 98.2 cm³/mol.